The third-order valence-corrected chi connectivity index (χ3v) is 3.22. The average Bonchev–Trinajstić information content (AvgIpc) is 3.18. The van der Waals surface area contributed by atoms with Crippen LogP contribution in [0.3, 0.4) is 0 Å². The molecular formula is C20H13F2IrN3-2. The van der Waals surface area contributed by atoms with Crippen LogP contribution in [-0.4, -0.2) is 14.8 Å². The third kappa shape index (κ3) is 5.15. The Balaban J connectivity index is 0.000000180. The van der Waals surface area contributed by atoms with Crippen LogP contribution in [0.4, 0.5) is 8.78 Å². The van der Waals surface area contributed by atoms with Crippen molar-refractivity contribution in [2.45, 2.75) is 0 Å². The van der Waals surface area contributed by atoms with Crippen molar-refractivity contribution in [2.75, 3.05) is 0 Å². The smallest absolute Gasteiger partial charge is 0.0493 e. The van der Waals surface area contributed by atoms with Gasteiger partial charge in [-0.3, -0.25) is 13.5 Å². The zero-order valence-corrected chi connectivity index (χ0v) is 15.8. The van der Waals surface area contributed by atoms with Crippen LogP contribution in [0.15, 0.2) is 79.3 Å². The van der Waals surface area contributed by atoms with Gasteiger partial charge in [-0.1, -0.05) is 12.1 Å². The monoisotopic (exact) mass is 526 g/mol. The van der Waals surface area contributed by atoms with Crippen molar-refractivity contribution in [2.24, 2.45) is 0 Å². The van der Waals surface area contributed by atoms with Gasteiger partial charge in [-0.2, -0.15) is 11.2 Å². The molecule has 0 bridgehead atoms. The first kappa shape index (κ1) is 19.6. The molecule has 133 valence electrons. The molecule has 4 aromatic rings. The molecule has 0 atom stereocenters. The Morgan fingerprint density at radius 1 is 0.923 bits per heavy atom. The molecule has 0 aliphatic heterocycles. The fraction of sp³-hybridized carbons (Fsp3) is 0. The minimum absolute atomic E-state index is 0. The van der Waals surface area contributed by atoms with Crippen molar-refractivity contribution in [1.29, 1.82) is 0 Å². The molecular weight excluding hydrogens is 512 g/mol. The summed E-state index contributed by atoms with van der Waals surface area (Å²) in [7, 11) is 0. The van der Waals surface area contributed by atoms with E-state index < -0.39 is 11.6 Å². The van der Waals surface area contributed by atoms with Gasteiger partial charge in [0, 0.05) is 50.3 Å². The Morgan fingerprint density at radius 3 is 2.38 bits per heavy atom. The Morgan fingerprint density at radius 2 is 1.77 bits per heavy atom. The molecule has 26 heavy (non-hydrogen) atoms. The minimum Gasteiger partial charge on any atom is -0.305 e. The molecule has 2 aromatic carbocycles. The largest absolute Gasteiger partial charge is 0.305 e. The Hall–Kier alpha value is -2.69. The van der Waals surface area contributed by atoms with E-state index >= 15 is 0 Å². The molecule has 0 unspecified atom stereocenters. The van der Waals surface area contributed by atoms with Crippen LogP contribution in [-0.2, 0) is 20.1 Å². The number of halogens is 2. The molecule has 0 fully saturated rings. The van der Waals surface area contributed by atoms with Gasteiger partial charge in [-0.25, -0.2) is 0 Å². The molecule has 0 amide bonds. The van der Waals surface area contributed by atoms with Crippen LogP contribution in [0.25, 0.3) is 16.9 Å². The molecule has 0 spiro atoms. The molecule has 1 radical (unpaired) electrons. The zero-order valence-electron chi connectivity index (χ0n) is 13.4. The van der Waals surface area contributed by atoms with Gasteiger partial charge in [0.15, 0.2) is 0 Å². The molecule has 0 saturated carbocycles. The quantitative estimate of drug-likeness (QED) is 0.361. The second kappa shape index (κ2) is 9.70. The zero-order chi connectivity index (χ0) is 17.5. The summed E-state index contributed by atoms with van der Waals surface area (Å²) in [5.74, 6) is -1.32. The van der Waals surface area contributed by atoms with Gasteiger partial charge in [0.1, 0.15) is 0 Å². The fourth-order valence-electron chi connectivity index (χ4n) is 2.09. The van der Waals surface area contributed by atoms with Crippen LogP contribution in [0.5, 0.6) is 0 Å². The maximum absolute atomic E-state index is 13.1. The van der Waals surface area contributed by atoms with Crippen molar-refractivity contribution < 1.29 is 28.9 Å². The van der Waals surface area contributed by atoms with Gasteiger partial charge >= 0.3 is 0 Å². The van der Waals surface area contributed by atoms with E-state index in [0.29, 0.717) is 0 Å². The van der Waals surface area contributed by atoms with Crippen LogP contribution >= 0.6 is 0 Å². The maximum Gasteiger partial charge on any atom is 0.0493 e. The molecule has 2 aromatic heterocycles. The SMILES string of the molecule is Fc1c[c-]c(-n2cccn2)c(F)c1.[Ir].[c-]1ccccc1-c1ccccn1. The summed E-state index contributed by atoms with van der Waals surface area (Å²) in [6.45, 7) is 0. The van der Waals surface area contributed by atoms with Gasteiger partial charge < -0.3 is 4.98 Å². The number of rotatable bonds is 2. The van der Waals surface area contributed by atoms with Crippen LogP contribution in [0.1, 0.15) is 0 Å². The van der Waals surface area contributed by atoms with E-state index in [2.05, 4.69) is 22.2 Å². The number of hydrogen-bond acceptors (Lipinski definition) is 2. The Kier molecular flexibility index (Phi) is 7.33. The minimum atomic E-state index is -0.677. The van der Waals surface area contributed by atoms with Gasteiger partial charge in [0.05, 0.1) is 0 Å². The van der Waals surface area contributed by atoms with E-state index in [0.717, 1.165) is 23.4 Å². The summed E-state index contributed by atoms with van der Waals surface area (Å²) in [5, 5.41) is 3.80. The first-order valence-corrected chi connectivity index (χ1v) is 7.49. The molecule has 2 heterocycles. The predicted molar refractivity (Wildman–Crippen MR) is 90.8 cm³/mol. The molecule has 0 aliphatic rings. The average molecular weight is 526 g/mol. The number of aromatic nitrogens is 3. The predicted octanol–water partition coefficient (Wildman–Crippen LogP) is 4.50. The Bertz CT molecular complexity index is 877. The van der Waals surface area contributed by atoms with E-state index in [9.17, 15) is 8.78 Å². The summed E-state index contributed by atoms with van der Waals surface area (Å²) >= 11 is 0. The van der Waals surface area contributed by atoms with E-state index in [4.69, 9.17) is 0 Å². The van der Waals surface area contributed by atoms with Gasteiger partial charge in [-0.05, 0) is 23.5 Å². The maximum atomic E-state index is 13.1. The molecule has 4 rings (SSSR count). The molecule has 6 heteroatoms. The van der Waals surface area contributed by atoms with E-state index in [1.165, 1.54) is 10.9 Å². The van der Waals surface area contributed by atoms with E-state index in [1.54, 1.807) is 18.5 Å². The summed E-state index contributed by atoms with van der Waals surface area (Å²) in [5.41, 5.74) is 2.13. The van der Waals surface area contributed by atoms with E-state index in [-0.39, 0.29) is 25.8 Å². The molecule has 3 nitrogen and oxygen atoms in total. The summed E-state index contributed by atoms with van der Waals surface area (Å²) < 4.78 is 26.9. The van der Waals surface area contributed by atoms with Crippen molar-refractivity contribution >= 4 is 0 Å². The van der Waals surface area contributed by atoms with Crippen molar-refractivity contribution in [1.82, 2.24) is 14.8 Å². The van der Waals surface area contributed by atoms with Gasteiger partial charge in [-0.15, -0.1) is 48.0 Å². The normalized spacial score (nSPS) is 9.62. The second-order valence-corrected chi connectivity index (χ2v) is 4.96. The van der Waals surface area contributed by atoms with Crippen molar-refractivity contribution in [3.05, 3.63) is 103 Å². The van der Waals surface area contributed by atoms with Crippen LogP contribution in [0, 0.1) is 23.8 Å². The van der Waals surface area contributed by atoms with Crippen LogP contribution in [0.2, 0.25) is 0 Å². The van der Waals surface area contributed by atoms with Crippen molar-refractivity contribution in [3.63, 3.8) is 0 Å². The van der Waals surface area contributed by atoms with E-state index in [1.807, 2.05) is 42.5 Å². The number of hydrogen-bond donors (Lipinski definition) is 0. The summed E-state index contributed by atoms with van der Waals surface area (Å²) in [4.78, 5) is 4.22. The second-order valence-electron chi connectivity index (χ2n) is 4.96. The molecule has 0 aliphatic carbocycles. The number of pyridine rings is 1. The Labute approximate surface area is 163 Å². The third-order valence-electron chi connectivity index (χ3n) is 3.22. The molecule has 0 saturated heterocycles. The van der Waals surface area contributed by atoms with Crippen LogP contribution < -0.4 is 0 Å². The number of nitrogens with zero attached hydrogens (tertiary/aromatic N) is 3. The summed E-state index contributed by atoms with van der Waals surface area (Å²) in [6, 6.07) is 22.8. The first-order chi connectivity index (χ1) is 12.2. The fourth-order valence-corrected chi connectivity index (χ4v) is 2.09. The van der Waals surface area contributed by atoms with Gasteiger partial charge in [0.25, 0.3) is 0 Å². The van der Waals surface area contributed by atoms with Crippen molar-refractivity contribution in [3.8, 4) is 16.9 Å². The summed E-state index contributed by atoms with van der Waals surface area (Å²) in [6.07, 6.45) is 4.86. The topological polar surface area (TPSA) is 30.7 Å². The molecule has 0 N–H and O–H groups in total. The number of benzene rings is 2. The first-order valence-electron chi connectivity index (χ1n) is 7.49. The van der Waals surface area contributed by atoms with Gasteiger partial charge in [0.2, 0.25) is 0 Å². The standard InChI is InChI=1S/C11H8N.C9H5F2N2.Ir/c1-2-6-10(7-3-1)11-8-4-5-9-12-11;10-7-2-3-9(8(11)6-7)13-5-1-4-12-13;/h1-6,8-9H;1-2,4-6H;/q2*-1;.